The molecule has 4 rings (SSSR count). The molecule has 9 nitrogen and oxygen atoms in total. The summed E-state index contributed by atoms with van der Waals surface area (Å²) in [6.07, 6.45) is 0.223. The number of rotatable bonds is 6. The van der Waals surface area contributed by atoms with E-state index < -0.39 is 39.2 Å². The molecule has 188 valence electrons. The van der Waals surface area contributed by atoms with Crippen molar-refractivity contribution in [3.8, 4) is 5.75 Å². The molecular weight excluding hydrogens is 501 g/mol. The average Bonchev–Trinajstić information content (AvgIpc) is 3.20. The van der Waals surface area contributed by atoms with Crippen LogP contribution in [0, 0.1) is 19.7 Å². The highest BCUT2D eigenvalue weighted by Gasteiger charge is 2.39. The summed E-state index contributed by atoms with van der Waals surface area (Å²) in [6, 6.07) is 4.27. The fourth-order valence-electron chi connectivity index (χ4n) is 4.37. The second kappa shape index (κ2) is 9.05. The van der Waals surface area contributed by atoms with Gasteiger partial charge in [-0.15, -0.1) is 5.10 Å². The van der Waals surface area contributed by atoms with E-state index in [1.54, 1.807) is 19.9 Å². The van der Waals surface area contributed by atoms with Gasteiger partial charge >= 0.3 is 5.76 Å². The maximum atomic E-state index is 14.9. The molecule has 1 aliphatic rings. The zero-order valence-electron chi connectivity index (χ0n) is 19.5. The van der Waals surface area contributed by atoms with E-state index >= 15 is 0 Å². The molecule has 1 aliphatic heterocycles. The molecule has 0 aliphatic carbocycles. The molecule has 0 amide bonds. The summed E-state index contributed by atoms with van der Waals surface area (Å²) in [5.74, 6) is -2.59. The fraction of sp³-hybridized carbons (Fsp3) is 0.391. The zero-order chi connectivity index (χ0) is 25.7. The molecule has 12 heteroatoms. The molecule has 0 bridgehead atoms. The van der Waals surface area contributed by atoms with Crippen LogP contribution in [0.4, 0.5) is 4.39 Å². The highest BCUT2D eigenvalue weighted by atomic mass is 35.5. The number of aromatic nitrogens is 2. The van der Waals surface area contributed by atoms with Crippen LogP contribution in [0.2, 0.25) is 5.02 Å². The first-order valence-electron chi connectivity index (χ1n) is 10.8. The number of ether oxygens (including phenoxy) is 1. The van der Waals surface area contributed by atoms with Gasteiger partial charge in [0.2, 0.25) is 15.9 Å². The van der Waals surface area contributed by atoms with Gasteiger partial charge in [-0.25, -0.2) is 22.7 Å². The Labute approximate surface area is 206 Å². The summed E-state index contributed by atoms with van der Waals surface area (Å²) < 4.78 is 55.4. The maximum absolute atomic E-state index is 14.9. The number of hydrogen-bond donors (Lipinski definition) is 3. The van der Waals surface area contributed by atoms with Crippen molar-refractivity contribution in [2.45, 2.75) is 56.6 Å². The van der Waals surface area contributed by atoms with E-state index in [0.717, 1.165) is 5.56 Å². The van der Waals surface area contributed by atoms with Gasteiger partial charge in [-0.05, 0) is 55.7 Å². The molecule has 35 heavy (non-hydrogen) atoms. The molecule has 2 heterocycles. The second-order valence-electron chi connectivity index (χ2n) is 8.86. The van der Waals surface area contributed by atoms with Gasteiger partial charge in [-0.3, -0.25) is 0 Å². The summed E-state index contributed by atoms with van der Waals surface area (Å²) in [5, 5.41) is 16.9. The van der Waals surface area contributed by atoms with E-state index in [2.05, 4.69) is 14.9 Å². The summed E-state index contributed by atoms with van der Waals surface area (Å²) in [7, 11) is -4.38. The summed E-state index contributed by atoms with van der Waals surface area (Å²) in [4.78, 5) is 11.4. The minimum Gasteiger partial charge on any atom is -0.492 e. The number of aromatic amines is 1. The Bertz CT molecular complexity index is 1450. The van der Waals surface area contributed by atoms with Crippen molar-refractivity contribution in [2.24, 2.45) is 0 Å². The summed E-state index contributed by atoms with van der Waals surface area (Å²) in [5.41, 5.74) is 0.439. The number of nitrogens with one attached hydrogen (secondary N) is 2. The summed E-state index contributed by atoms with van der Waals surface area (Å²) in [6.45, 7) is 6.73. The van der Waals surface area contributed by atoms with Gasteiger partial charge in [0, 0.05) is 17.9 Å². The van der Waals surface area contributed by atoms with Crippen LogP contribution in [-0.4, -0.2) is 30.3 Å². The van der Waals surface area contributed by atoms with Gasteiger partial charge in [0.05, 0.1) is 17.2 Å². The van der Waals surface area contributed by atoms with E-state index in [9.17, 15) is 22.7 Å². The molecule has 0 fully saturated rings. The molecule has 3 aromatic rings. The Morgan fingerprint density at radius 3 is 2.66 bits per heavy atom. The third-order valence-corrected chi connectivity index (χ3v) is 8.20. The predicted octanol–water partition coefficient (Wildman–Crippen LogP) is 3.59. The van der Waals surface area contributed by atoms with Crippen LogP contribution in [0.5, 0.6) is 5.75 Å². The van der Waals surface area contributed by atoms with Crippen LogP contribution < -0.4 is 15.2 Å². The lowest BCUT2D eigenvalue weighted by atomic mass is 9.88. The first-order chi connectivity index (χ1) is 16.3. The lowest BCUT2D eigenvalue weighted by Crippen LogP contribution is -2.35. The third kappa shape index (κ3) is 4.61. The largest absolute Gasteiger partial charge is 0.492 e. The summed E-state index contributed by atoms with van der Waals surface area (Å²) >= 11 is 6.27. The number of benzene rings is 2. The van der Waals surface area contributed by atoms with Crippen LogP contribution >= 0.6 is 11.6 Å². The van der Waals surface area contributed by atoms with Crippen LogP contribution in [0.25, 0.3) is 0 Å². The van der Waals surface area contributed by atoms with Crippen molar-refractivity contribution < 1.29 is 27.1 Å². The number of nitrogens with zero attached hydrogens (tertiary/aromatic N) is 1. The zero-order valence-corrected chi connectivity index (χ0v) is 21.1. The number of halogens is 2. The Hall–Kier alpha value is -2.73. The van der Waals surface area contributed by atoms with E-state index in [1.807, 2.05) is 6.92 Å². The Balaban J connectivity index is 1.84. The van der Waals surface area contributed by atoms with E-state index in [4.69, 9.17) is 20.8 Å². The van der Waals surface area contributed by atoms with E-state index in [-0.39, 0.29) is 45.7 Å². The molecular formula is C23H25ClFN3O6S. The number of aryl methyl sites for hydroxylation is 1. The minimum atomic E-state index is -4.38. The first-order valence-corrected chi connectivity index (χ1v) is 12.7. The van der Waals surface area contributed by atoms with Crippen LogP contribution in [0.3, 0.4) is 0 Å². The predicted molar refractivity (Wildman–Crippen MR) is 126 cm³/mol. The SMILES string of the molecule is Cc1ccc(F)c(C(C)C(NS(=O)(=O)c2ccc(Cl)c3c2OCCC3(C)O)c2n[nH]c(=O)o2)c1C. The highest BCUT2D eigenvalue weighted by Crippen LogP contribution is 2.45. The van der Waals surface area contributed by atoms with Crippen LogP contribution in [0.15, 0.2) is 38.4 Å². The Morgan fingerprint density at radius 2 is 2.00 bits per heavy atom. The van der Waals surface area contributed by atoms with Crippen molar-refractivity contribution in [3.05, 3.63) is 73.8 Å². The molecule has 3 atom stereocenters. The molecule has 3 unspecified atom stereocenters. The number of fused-ring (bicyclic) bond motifs is 1. The van der Waals surface area contributed by atoms with Crippen molar-refractivity contribution in [3.63, 3.8) is 0 Å². The van der Waals surface area contributed by atoms with Gasteiger partial charge in [0.25, 0.3) is 0 Å². The standard InChI is InChI=1S/C23H25ClFN3O6S/c1-11-5-7-15(25)17(12(11)2)13(3)19(21-26-27-22(29)34-21)28-35(31,32)16-8-6-14(24)18-20(16)33-10-9-23(18,4)30/h5-8,13,19,28,30H,9-10H2,1-4H3,(H,27,29). The lowest BCUT2D eigenvalue weighted by molar-refractivity contribution is 0.0135. The second-order valence-corrected chi connectivity index (χ2v) is 11.0. The van der Waals surface area contributed by atoms with Crippen molar-refractivity contribution in [1.29, 1.82) is 0 Å². The molecule has 1 aromatic heterocycles. The molecule has 0 saturated carbocycles. The number of hydrogen-bond acceptors (Lipinski definition) is 7. The topological polar surface area (TPSA) is 135 Å². The molecule has 3 N–H and O–H groups in total. The highest BCUT2D eigenvalue weighted by molar-refractivity contribution is 7.89. The van der Waals surface area contributed by atoms with E-state index in [1.165, 1.54) is 25.1 Å². The van der Waals surface area contributed by atoms with Crippen molar-refractivity contribution in [1.82, 2.24) is 14.9 Å². The Kier molecular flexibility index (Phi) is 6.56. The van der Waals surface area contributed by atoms with E-state index in [0.29, 0.717) is 5.56 Å². The maximum Gasteiger partial charge on any atom is 0.434 e. The van der Waals surface area contributed by atoms with Crippen LogP contribution in [-0.2, 0) is 15.6 Å². The normalized spacial score (nSPS) is 19.6. The van der Waals surface area contributed by atoms with Gasteiger partial charge in [-0.1, -0.05) is 24.6 Å². The van der Waals surface area contributed by atoms with Gasteiger partial charge in [-0.2, -0.15) is 4.72 Å². The Morgan fingerprint density at radius 1 is 1.29 bits per heavy atom. The van der Waals surface area contributed by atoms with Gasteiger partial charge < -0.3 is 14.3 Å². The average molecular weight is 526 g/mol. The first kappa shape index (κ1) is 25.4. The van der Waals surface area contributed by atoms with Crippen LogP contribution in [0.1, 0.15) is 60.4 Å². The number of H-pyrrole nitrogens is 1. The van der Waals surface area contributed by atoms with Gasteiger partial charge in [0.15, 0.2) is 0 Å². The third-order valence-electron chi connectivity index (χ3n) is 6.42. The quantitative estimate of drug-likeness (QED) is 0.447. The fourth-order valence-corrected chi connectivity index (χ4v) is 6.15. The van der Waals surface area contributed by atoms with Crippen molar-refractivity contribution >= 4 is 21.6 Å². The number of aliphatic hydroxyl groups is 1. The smallest absolute Gasteiger partial charge is 0.434 e. The lowest BCUT2D eigenvalue weighted by Gasteiger charge is -2.33. The minimum absolute atomic E-state index is 0.0740. The molecule has 0 spiro atoms. The van der Waals surface area contributed by atoms with Gasteiger partial charge in [0.1, 0.15) is 22.5 Å². The molecule has 0 saturated heterocycles. The number of sulfonamides is 1. The van der Waals surface area contributed by atoms with Crippen molar-refractivity contribution in [2.75, 3.05) is 6.61 Å². The monoisotopic (exact) mass is 525 g/mol. The molecule has 2 aromatic carbocycles. The molecule has 0 radical (unpaired) electrons.